The van der Waals surface area contributed by atoms with E-state index >= 15 is 0 Å². The number of aryl methyl sites for hydroxylation is 2. The molecule has 0 aliphatic rings. The average molecular weight is 349 g/mol. The Morgan fingerprint density at radius 2 is 1.88 bits per heavy atom. The summed E-state index contributed by atoms with van der Waals surface area (Å²) >= 11 is 0. The van der Waals surface area contributed by atoms with Gasteiger partial charge in [-0.2, -0.15) is 5.10 Å². The molecule has 0 aliphatic heterocycles. The van der Waals surface area contributed by atoms with Crippen molar-refractivity contribution in [2.75, 3.05) is 5.43 Å². The van der Waals surface area contributed by atoms with Crippen LogP contribution in [0.15, 0.2) is 53.8 Å². The van der Waals surface area contributed by atoms with E-state index in [0.29, 0.717) is 5.82 Å². The summed E-state index contributed by atoms with van der Waals surface area (Å²) in [6.45, 7) is 6.16. The molecule has 1 aromatic carbocycles. The number of nitrogens with one attached hydrogen (secondary N) is 1. The van der Waals surface area contributed by atoms with Crippen LogP contribution in [0, 0.1) is 30.9 Å². The van der Waals surface area contributed by atoms with Gasteiger partial charge in [0.05, 0.1) is 11.1 Å². The van der Waals surface area contributed by atoms with Gasteiger partial charge in [0.2, 0.25) is 0 Å². The number of nitro groups is 1. The Morgan fingerprint density at radius 3 is 2.50 bits per heavy atom. The van der Waals surface area contributed by atoms with Crippen LogP contribution >= 0.6 is 0 Å². The van der Waals surface area contributed by atoms with Crippen LogP contribution in [0.4, 0.5) is 11.5 Å². The Hall–Kier alpha value is -3.48. The highest BCUT2D eigenvalue weighted by atomic mass is 16.6. The van der Waals surface area contributed by atoms with Gasteiger partial charge in [-0.3, -0.25) is 15.5 Å². The molecule has 0 spiro atoms. The molecule has 1 N–H and O–H groups in total. The third kappa shape index (κ3) is 3.61. The highest BCUT2D eigenvalue weighted by molar-refractivity contribution is 5.82. The minimum atomic E-state index is -0.486. The van der Waals surface area contributed by atoms with E-state index in [2.05, 4.69) is 64.3 Å². The van der Waals surface area contributed by atoms with E-state index in [4.69, 9.17) is 0 Å². The number of benzene rings is 1. The fourth-order valence-electron chi connectivity index (χ4n) is 2.74. The summed E-state index contributed by atoms with van der Waals surface area (Å²) < 4.78 is 2.17. The quantitative estimate of drug-likeness (QED) is 0.426. The van der Waals surface area contributed by atoms with Gasteiger partial charge in [0.15, 0.2) is 0 Å². The van der Waals surface area contributed by atoms with Gasteiger partial charge < -0.3 is 4.57 Å². The first-order chi connectivity index (χ1) is 12.5. The molecule has 0 unspecified atom stereocenters. The van der Waals surface area contributed by atoms with Crippen molar-refractivity contribution in [3.8, 4) is 5.69 Å². The van der Waals surface area contributed by atoms with Gasteiger partial charge in [0.25, 0.3) is 5.69 Å². The van der Waals surface area contributed by atoms with Gasteiger partial charge >= 0.3 is 0 Å². The van der Waals surface area contributed by atoms with Gasteiger partial charge in [-0.25, -0.2) is 4.98 Å². The summed E-state index contributed by atoms with van der Waals surface area (Å²) in [5.74, 6) is 0.444. The smallest absolute Gasteiger partial charge is 0.287 e. The van der Waals surface area contributed by atoms with Crippen molar-refractivity contribution >= 4 is 17.7 Å². The number of hydrogen-bond donors (Lipinski definition) is 1. The summed E-state index contributed by atoms with van der Waals surface area (Å²) in [5, 5.41) is 14.8. The van der Waals surface area contributed by atoms with Crippen molar-refractivity contribution in [3.05, 3.63) is 81.3 Å². The maximum Gasteiger partial charge on any atom is 0.287 e. The normalized spacial score (nSPS) is 11.0. The fraction of sp³-hybridized carbons (Fsp3) is 0.158. The van der Waals surface area contributed by atoms with Gasteiger partial charge in [0.1, 0.15) is 12.0 Å². The van der Waals surface area contributed by atoms with E-state index in [9.17, 15) is 10.1 Å². The molecule has 26 heavy (non-hydrogen) atoms. The van der Waals surface area contributed by atoms with Crippen molar-refractivity contribution in [2.45, 2.75) is 20.8 Å². The van der Waals surface area contributed by atoms with Crippen molar-refractivity contribution in [1.29, 1.82) is 0 Å². The lowest BCUT2D eigenvalue weighted by atomic mass is 10.2. The second-order valence-electron chi connectivity index (χ2n) is 6.03. The molecule has 0 aliphatic carbocycles. The first-order valence-electron chi connectivity index (χ1n) is 8.11. The molecular formula is C19H19N5O2. The molecule has 0 fully saturated rings. The summed E-state index contributed by atoms with van der Waals surface area (Å²) in [6, 6.07) is 13.3. The second kappa shape index (κ2) is 7.18. The third-order valence-corrected chi connectivity index (χ3v) is 4.10. The zero-order valence-electron chi connectivity index (χ0n) is 14.8. The first-order valence-corrected chi connectivity index (χ1v) is 8.11. The fourth-order valence-corrected chi connectivity index (χ4v) is 2.74. The van der Waals surface area contributed by atoms with Crippen LogP contribution in [0.2, 0.25) is 0 Å². The van der Waals surface area contributed by atoms with Gasteiger partial charge in [-0.15, -0.1) is 0 Å². The molecule has 7 heteroatoms. The molecule has 0 radical (unpaired) electrons. The minimum absolute atomic E-state index is 0.0545. The maximum atomic E-state index is 10.6. The maximum absolute atomic E-state index is 10.6. The summed E-state index contributed by atoms with van der Waals surface area (Å²) in [7, 11) is 0. The van der Waals surface area contributed by atoms with E-state index in [-0.39, 0.29) is 5.69 Å². The Balaban J connectivity index is 1.78. The van der Waals surface area contributed by atoms with Crippen molar-refractivity contribution in [3.63, 3.8) is 0 Å². The number of hydrogen-bond acceptors (Lipinski definition) is 5. The Kier molecular flexibility index (Phi) is 4.79. The van der Waals surface area contributed by atoms with Crippen LogP contribution in [0.1, 0.15) is 22.5 Å². The lowest BCUT2D eigenvalue weighted by molar-refractivity contribution is -0.385. The van der Waals surface area contributed by atoms with E-state index in [1.54, 1.807) is 6.21 Å². The van der Waals surface area contributed by atoms with Crippen LogP contribution < -0.4 is 5.43 Å². The lowest BCUT2D eigenvalue weighted by Crippen LogP contribution is -2.00. The van der Waals surface area contributed by atoms with Crippen LogP contribution in [0.5, 0.6) is 0 Å². The molecule has 0 atom stereocenters. The van der Waals surface area contributed by atoms with Crippen LogP contribution in [-0.2, 0) is 0 Å². The van der Waals surface area contributed by atoms with Crippen molar-refractivity contribution in [2.24, 2.45) is 5.10 Å². The van der Waals surface area contributed by atoms with Gasteiger partial charge in [-0.1, -0.05) is 17.7 Å². The number of rotatable bonds is 5. The molecule has 132 valence electrons. The Labute approximate surface area is 151 Å². The van der Waals surface area contributed by atoms with Crippen LogP contribution in [0.3, 0.4) is 0 Å². The highest BCUT2D eigenvalue weighted by Gasteiger charge is 2.09. The van der Waals surface area contributed by atoms with E-state index in [1.165, 1.54) is 23.9 Å². The second-order valence-corrected chi connectivity index (χ2v) is 6.03. The lowest BCUT2D eigenvalue weighted by Gasteiger charge is -2.09. The summed E-state index contributed by atoms with van der Waals surface area (Å²) in [6.07, 6.45) is 2.91. The molecule has 3 rings (SSSR count). The number of aromatic nitrogens is 2. The Bertz CT molecular complexity index is 957. The molecule has 0 saturated heterocycles. The van der Waals surface area contributed by atoms with Crippen LogP contribution in [0.25, 0.3) is 5.69 Å². The van der Waals surface area contributed by atoms with E-state index in [0.717, 1.165) is 22.6 Å². The standard InChI is InChI=1S/C19H19N5O2/c1-13-4-6-17(7-5-13)23-14(2)10-16(15(23)3)11-21-22-19-9-8-18(12-20-19)24(25)26/h4-12H,1-3H3,(H,20,22)/b21-11-. The molecule has 0 amide bonds. The number of hydrazone groups is 1. The molecule has 2 aromatic heterocycles. The van der Waals surface area contributed by atoms with Gasteiger partial charge in [-0.05, 0) is 45.0 Å². The predicted octanol–water partition coefficient (Wildman–Crippen LogP) is 4.15. The number of anilines is 1. The zero-order chi connectivity index (χ0) is 18.7. The topological polar surface area (TPSA) is 85.3 Å². The minimum Gasteiger partial charge on any atom is -0.318 e. The number of pyridine rings is 1. The van der Waals surface area contributed by atoms with E-state index < -0.39 is 4.92 Å². The Morgan fingerprint density at radius 1 is 1.15 bits per heavy atom. The molecular weight excluding hydrogens is 330 g/mol. The summed E-state index contributed by atoms with van der Waals surface area (Å²) in [5.41, 5.74) is 8.23. The predicted molar refractivity (Wildman–Crippen MR) is 102 cm³/mol. The van der Waals surface area contributed by atoms with Gasteiger partial charge in [0, 0.05) is 28.7 Å². The zero-order valence-corrected chi connectivity index (χ0v) is 14.8. The average Bonchev–Trinajstić information content (AvgIpc) is 2.90. The molecule has 3 aromatic rings. The highest BCUT2D eigenvalue weighted by Crippen LogP contribution is 2.20. The molecule has 7 nitrogen and oxygen atoms in total. The monoisotopic (exact) mass is 349 g/mol. The molecule has 0 bridgehead atoms. The first kappa shape index (κ1) is 17.3. The molecule has 2 heterocycles. The SMILES string of the molecule is Cc1ccc(-n2c(C)cc(/C=N\Nc3ccc([N+](=O)[O-])cn3)c2C)cc1. The molecule has 0 saturated carbocycles. The van der Waals surface area contributed by atoms with Crippen molar-refractivity contribution in [1.82, 2.24) is 9.55 Å². The van der Waals surface area contributed by atoms with Crippen LogP contribution in [-0.4, -0.2) is 20.7 Å². The largest absolute Gasteiger partial charge is 0.318 e. The van der Waals surface area contributed by atoms with Crippen molar-refractivity contribution < 1.29 is 4.92 Å². The number of nitrogens with zero attached hydrogens (tertiary/aromatic N) is 4. The van der Waals surface area contributed by atoms with E-state index in [1.807, 2.05) is 6.92 Å². The summed E-state index contributed by atoms with van der Waals surface area (Å²) in [4.78, 5) is 14.1. The third-order valence-electron chi connectivity index (χ3n) is 4.10.